The summed E-state index contributed by atoms with van der Waals surface area (Å²) < 4.78 is 0. The number of piperazine rings is 1. The summed E-state index contributed by atoms with van der Waals surface area (Å²) in [5.41, 5.74) is 0. The summed E-state index contributed by atoms with van der Waals surface area (Å²) in [4.78, 5) is 26.5. The van der Waals surface area contributed by atoms with Crippen molar-refractivity contribution in [1.82, 2.24) is 15.1 Å². The molecule has 1 unspecified atom stereocenters. The van der Waals surface area contributed by atoms with Gasteiger partial charge in [0.1, 0.15) is 0 Å². The van der Waals surface area contributed by atoms with Crippen LogP contribution in [0.2, 0.25) is 0 Å². The van der Waals surface area contributed by atoms with Gasteiger partial charge >= 0.3 is 0 Å². The Kier molecular flexibility index (Phi) is 6.84. The van der Waals surface area contributed by atoms with Crippen LogP contribution in [-0.4, -0.2) is 60.9 Å². The highest BCUT2D eigenvalue weighted by Crippen LogP contribution is 2.07. The molecule has 1 fully saturated rings. The van der Waals surface area contributed by atoms with Crippen molar-refractivity contribution in [2.45, 2.75) is 45.6 Å². The molecule has 0 aromatic carbocycles. The number of carbonyl (C=O) groups excluding carboxylic acids is 2. The Labute approximate surface area is 116 Å². The van der Waals surface area contributed by atoms with E-state index in [-0.39, 0.29) is 24.9 Å². The molecule has 0 spiro atoms. The van der Waals surface area contributed by atoms with Crippen molar-refractivity contribution in [3.63, 3.8) is 0 Å². The molecule has 1 aliphatic rings. The molecule has 110 valence electrons. The number of rotatable bonds is 8. The fraction of sp³-hybridized carbons (Fsp3) is 0.857. The molecular formula is C14H27N3O2. The summed E-state index contributed by atoms with van der Waals surface area (Å²) in [6.07, 6.45) is 4.34. The van der Waals surface area contributed by atoms with Gasteiger partial charge in [0.25, 0.3) is 0 Å². The van der Waals surface area contributed by atoms with Gasteiger partial charge in [-0.2, -0.15) is 0 Å². The SMILES string of the molecule is CCCNC(C)CCCCN1CC(=O)N(C)CC1=O. The Morgan fingerprint density at radius 2 is 1.95 bits per heavy atom. The lowest BCUT2D eigenvalue weighted by Gasteiger charge is -2.31. The average Bonchev–Trinajstić information content (AvgIpc) is 2.37. The predicted octanol–water partition coefficient (Wildman–Crippen LogP) is 0.845. The molecule has 0 saturated carbocycles. The van der Waals surface area contributed by atoms with E-state index in [2.05, 4.69) is 19.2 Å². The fourth-order valence-corrected chi connectivity index (χ4v) is 2.21. The summed E-state index contributed by atoms with van der Waals surface area (Å²) in [6.45, 7) is 6.60. The molecule has 1 atom stereocenters. The number of hydrogen-bond acceptors (Lipinski definition) is 3. The van der Waals surface area contributed by atoms with Crippen molar-refractivity contribution in [3.8, 4) is 0 Å². The topological polar surface area (TPSA) is 52.7 Å². The molecule has 0 bridgehead atoms. The molecule has 0 aromatic heterocycles. The smallest absolute Gasteiger partial charge is 0.242 e. The molecule has 0 radical (unpaired) electrons. The quantitative estimate of drug-likeness (QED) is 0.665. The summed E-state index contributed by atoms with van der Waals surface area (Å²) >= 11 is 0. The van der Waals surface area contributed by atoms with Crippen LogP contribution in [0.1, 0.15) is 39.5 Å². The number of hydrogen-bond donors (Lipinski definition) is 1. The van der Waals surface area contributed by atoms with E-state index >= 15 is 0 Å². The molecule has 5 nitrogen and oxygen atoms in total. The van der Waals surface area contributed by atoms with Crippen LogP contribution in [-0.2, 0) is 9.59 Å². The number of likely N-dealkylation sites (N-methyl/N-ethyl adjacent to an activating group) is 1. The summed E-state index contributed by atoms with van der Waals surface area (Å²) in [7, 11) is 1.68. The van der Waals surface area contributed by atoms with Crippen LogP contribution in [0.15, 0.2) is 0 Å². The Hall–Kier alpha value is -1.10. The zero-order valence-corrected chi connectivity index (χ0v) is 12.4. The number of nitrogens with one attached hydrogen (secondary N) is 1. The number of carbonyl (C=O) groups is 2. The number of nitrogens with zero attached hydrogens (tertiary/aromatic N) is 2. The van der Waals surface area contributed by atoms with Crippen molar-refractivity contribution in [2.75, 3.05) is 33.2 Å². The first kappa shape index (κ1) is 16.0. The van der Waals surface area contributed by atoms with E-state index in [1.807, 2.05) is 0 Å². The second-order valence-electron chi connectivity index (χ2n) is 5.42. The average molecular weight is 269 g/mol. The van der Waals surface area contributed by atoms with Gasteiger partial charge in [0.2, 0.25) is 11.8 Å². The molecular weight excluding hydrogens is 242 g/mol. The van der Waals surface area contributed by atoms with Crippen LogP contribution >= 0.6 is 0 Å². The molecule has 19 heavy (non-hydrogen) atoms. The molecule has 1 N–H and O–H groups in total. The van der Waals surface area contributed by atoms with Gasteiger partial charge in [0.05, 0.1) is 13.1 Å². The first-order valence-corrected chi connectivity index (χ1v) is 7.29. The minimum absolute atomic E-state index is 0.0394. The van der Waals surface area contributed by atoms with Crippen molar-refractivity contribution in [1.29, 1.82) is 0 Å². The largest absolute Gasteiger partial charge is 0.335 e. The molecule has 1 saturated heterocycles. The third-order valence-electron chi connectivity index (χ3n) is 3.53. The van der Waals surface area contributed by atoms with E-state index in [1.165, 1.54) is 4.90 Å². The lowest BCUT2D eigenvalue weighted by Crippen LogP contribution is -2.52. The minimum atomic E-state index is 0.0394. The predicted molar refractivity (Wildman–Crippen MR) is 75.8 cm³/mol. The highest BCUT2D eigenvalue weighted by molar-refractivity contribution is 5.92. The summed E-state index contributed by atoms with van der Waals surface area (Å²) in [5, 5.41) is 3.45. The highest BCUT2D eigenvalue weighted by Gasteiger charge is 2.26. The first-order chi connectivity index (χ1) is 9.04. The Morgan fingerprint density at radius 1 is 1.21 bits per heavy atom. The third-order valence-corrected chi connectivity index (χ3v) is 3.53. The van der Waals surface area contributed by atoms with Gasteiger partial charge in [0, 0.05) is 19.6 Å². The van der Waals surface area contributed by atoms with E-state index in [0.29, 0.717) is 12.6 Å². The van der Waals surface area contributed by atoms with Gasteiger partial charge in [-0.3, -0.25) is 9.59 Å². The molecule has 1 heterocycles. The van der Waals surface area contributed by atoms with E-state index in [0.717, 1.165) is 32.2 Å². The van der Waals surface area contributed by atoms with Gasteiger partial charge < -0.3 is 15.1 Å². The third kappa shape index (κ3) is 5.59. The lowest BCUT2D eigenvalue weighted by molar-refractivity contribution is -0.148. The maximum Gasteiger partial charge on any atom is 0.242 e. The molecule has 2 amide bonds. The first-order valence-electron chi connectivity index (χ1n) is 7.29. The van der Waals surface area contributed by atoms with Crippen molar-refractivity contribution in [2.24, 2.45) is 0 Å². The van der Waals surface area contributed by atoms with E-state index < -0.39 is 0 Å². The van der Waals surface area contributed by atoms with Gasteiger partial charge in [-0.05, 0) is 32.7 Å². The molecule has 0 aliphatic carbocycles. The fourth-order valence-electron chi connectivity index (χ4n) is 2.21. The number of amides is 2. The van der Waals surface area contributed by atoms with E-state index in [4.69, 9.17) is 0 Å². The number of unbranched alkanes of at least 4 members (excludes halogenated alkanes) is 1. The van der Waals surface area contributed by atoms with Crippen LogP contribution < -0.4 is 5.32 Å². The maximum atomic E-state index is 11.7. The second kappa shape index (κ2) is 8.15. The standard InChI is InChI=1S/C14H27N3O2/c1-4-8-15-12(2)7-5-6-9-17-11-13(18)16(3)10-14(17)19/h12,15H,4-11H2,1-3H3. The normalized spacial score (nSPS) is 18.1. The molecule has 1 aliphatic heterocycles. The highest BCUT2D eigenvalue weighted by atomic mass is 16.2. The van der Waals surface area contributed by atoms with E-state index in [9.17, 15) is 9.59 Å². The maximum absolute atomic E-state index is 11.7. The van der Waals surface area contributed by atoms with Gasteiger partial charge in [-0.15, -0.1) is 0 Å². The van der Waals surface area contributed by atoms with Crippen LogP contribution in [0.3, 0.4) is 0 Å². The van der Waals surface area contributed by atoms with Crippen LogP contribution in [0.4, 0.5) is 0 Å². The van der Waals surface area contributed by atoms with Crippen LogP contribution in [0, 0.1) is 0 Å². The Balaban J connectivity index is 2.15. The van der Waals surface area contributed by atoms with Gasteiger partial charge in [0.15, 0.2) is 0 Å². The van der Waals surface area contributed by atoms with Crippen molar-refractivity contribution >= 4 is 11.8 Å². The Morgan fingerprint density at radius 3 is 2.63 bits per heavy atom. The molecule has 1 rings (SSSR count). The zero-order chi connectivity index (χ0) is 14.3. The Bertz CT molecular complexity index is 307. The van der Waals surface area contributed by atoms with Gasteiger partial charge in [-0.1, -0.05) is 13.3 Å². The monoisotopic (exact) mass is 269 g/mol. The van der Waals surface area contributed by atoms with Crippen molar-refractivity contribution in [3.05, 3.63) is 0 Å². The minimum Gasteiger partial charge on any atom is -0.335 e. The summed E-state index contributed by atoms with van der Waals surface area (Å²) in [6, 6.07) is 0.532. The second-order valence-corrected chi connectivity index (χ2v) is 5.42. The zero-order valence-electron chi connectivity index (χ0n) is 12.4. The van der Waals surface area contributed by atoms with Gasteiger partial charge in [-0.25, -0.2) is 0 Å². The van der Waals surface area contributed by atoms with E-state index in [1.54, 1.807) is 11.9 Å². The molecule has 0 aromatic rings. The summed E-state index contributed by atoms with van der Waals surface area (Å²) in [5.74, 6) is 0.108. The van der Waals surface area contributed by atoms with Crippen LogP contribution in [0.25, 0.3) is 0 Å². The van der Waals surface area contributed by atoms with Crippen LogP contribution in [0.5, 0.6) is 0 Å². The van der Waals surface area contributed by atoms with Crippen molar-refractivity contribution < 1.29 is 9.59 Å². The molecule has 5 heteroatoms. The lowest BCUT2D eigenvalue weighted by atomic mass is 10.1.